The van der Waals surface area contributed by atoms with Gasteiger partial charge in [0.25, 0.3) is 0 Å². The maximum Gasteiger partial charge on any atom is 0.0855 e. The Kier molecular flexibility index (Phi) is 7.21. The van der Waals surface area contributed by atoms with Crippen molar-refractivity contribution in [2.24, 2.45) is 5.92 Å². The van der Waals surface area contributed by atoms with E-state index in [1.54, 1.807) is 7.11 Å². The summed E-state index contributed by atoms with van der Waals surface area (Å²) in [7, 11) is 3.64. The molecule has 0 aromatic rings. The Bertz CT molecular complexity index is 206. The molecule has 14 heavy (non-hydrogen) atoms. The van der Waals surface area contributed by atoms with Gasteiger partial charge in [0.05, 0.1) is 6.61 Å². The summed E-state index contributed by atoms with van der Waals surface area (Å²) in [4.78, 5) is 0. The van der Waals surface area contributed by atoms with Crippen LogP contribution in [0, 0.1) is 5.92 Å². The summed E-state index contributed by atoms with van der Waals surface area (Å²) in [6, 6.07) is 0. The van der Waals surface area contributed by atoms with Gasteiger partial charge in [-0.25, -0.2) is 0 Å². The average Bonchev–Trinajstić information content (AvgIpc) is 2.22. The normalized spacial score (nSPS) is 15.5. The van der Waals surface area contributed by atoms with Crippen LogP contribution >= 0.6 is 0 Å². The van der Waals surface area contributed by atoms with E-state index in [1.165, 1.54) is 5.57 Å². The summed E-state index contributed by atoms with van der Waals surface area (Å²) >= 11 is 0. The highest BCUT2D eigenvalue weighted by molar-refractivity contribution is 5.06. The maximum absolute atomic E-state index is 5.07. The summed E-state index contributed by atoms with van der Waals surface area (Å²) in [5.41, 5.74) is 2.59. The fourth-order valence-corrected chi connectivity index (χ4v) is 1.18. The van der Waals surface area contributed by atoms with Crippen LogP contribution in [-0.4, -0.2) is 20.8 Å². The fourth-order valence-electron chi connectivity index (χ4n) is 1.18. The second kappa shape index (κ2) is 7.63. The first-order chi connectivity index (χ1) is 6.65. The van der Waals surface area contributed by atoms with E-state index in [-0.39, 0.29) is 0 Å². The van der Waals surface area contributed by atoms with Gasteiger partial charge in [0.1, 0.15) is 0 Å². The summed E-state index contributed by atoms with van der Waals surface area (Å²) in [6.45, 7) is 7.17. The molecule has 82 valence electrons. The molecular formula is C12H23NO. The molecule has 0 saturated carbocycles. The molecule has 0 bridgehead atoms. The van der Waals surface area contributed by atoms with Crippen molar-refractivity contribution in [2.75, 3.05) is 20.8 Å². The Morgan fingerprint density at radius 3 is 2.57 bits per heavy atom. The lowest BCUT2D eigenvalue weighted by atomic mass is 9.98. The second-order valence-corrected chi connectivity index (χ2v) is 3.58. The van der Waals surface area contributed by atoms with Gasteiger partial charge in [0, 0.05) is 19.9 Å². The first kappa shape index (κ1) is 13.2. The van der Waals surface area contributed by atoms with Gasteiger partial charge in [-0.15, -0.1) is 0 Å². The molecule has 1 atom stereocenters. The first-order valence-electron chi connectivity index (χ1n) is 5.14. The Morgan fingerprint density at radius 1 is 1.50 bits per heavy atom. The van der Waals surface area contributed by atoms with Crippen LogP contribution in [0.5, 0.6) is 0 Å². The zero-order chi connectivity index (χ0) is 11.0. The summed E-state index contributed by atoms with van der Waals surface area (Å²) < 4.78 is 5.07. The lowest BCUT2D eigenvalue weighted by molar-refractivity contribution is 0.220. The average molecular weight is 197 g/mol. The Morgan fingerprint density at radius 2 is 2.14 bits per heavy atom. The van der Waals surface area contributed by atoms with Gasteiger partial charge in [-0.05, 0) is 26.2 Å². The number of likely N-dealkylation sites (N-methyl/N-ethyl adjacent to an activating group) is 1. The number of ether oxygens (including phenoxy) is 1. The summed E-state index contributed by atoms with van der Waals surface area (Å²) in [5.74, 6) is 0.611. The van der Waals surface area contributed by atoms with Crippen molar-refractivity contribution in [3.05, 3.63) is 23.4 Å². The van der Waals surface area contributed by atoms with E-state index in [1.807, 2.05) is 7.05 Å². The molecule has 1 unspecified atom stereocenters. The topological polar surface area (TPSA) is 21.3 Å². The third-order valence-corrected chi connectivity index (χ3v) is 2.57. The molecular weight excluding hydrogens is 174 g/mol. The molecule has 0 amide bonds. The predicted octanol–water partition coefficient (Wildman–Crippen LogP) is 2.73. The zero-order valence-corrected chi connectivity index (χ0v) is 10.1. The Hall–Kier alpha value is -0.760. The van der Waals surface area contributed by atoms with E-state index in [0.717, 1.165) is 12.1 Å². The number of methoxy groups -OCH3 is 1. The van der Waals surface area contributed by atoms with Gasteiger partial charge in [-0.2, -0.15) is 0 Å². The Balaban J connectivity index is 4.10. The van der Waals surface area contributed by atoms with Gasteiger partial charge in [-0.1, -0.05) is 24.6 Å². The molecule has 0 aliphatic carbocycles. The number of hydrogen-bond donors (Lipinski definition) is 1. The second-order valence-electron chi connectivity index (χ2n) is 3.58. The van der Waals surface area contributed by atoms with Gasteiger partial charge in [0.2, 0.25) is 0 Å². The van der Waals surface area contributed by atoms with Crippen LogP contribution in [0.15, 0.2) is 23.4 Å². The van der Waals surface area contributed by atoms with Gasteiger partial charge >= 0.3 is 0 Å². The molecule has 0 aromatic heterocycles. The maximum atomic E-state index is 5.07. The van der Waals surface area contributed by atoms with Gasteiger partial charge < -0.3 is 10.1 Å². The van der Waals surface area contributed by atoms with Crippen LogP contribution in [0.1, 0.15) is 27.2 Å². The molecule has 1 N–H and O–H groups in total. The van der Waals surface area contributed by atoms with E-state index in [2.05, 4.69) is 38.2 Å². The quantitative estimate of drug-likeness (QED) is 0.661. The van der Waals surface area contributed by atoms with E-state index in [9.17, 15) is 0 Å². The number of rotatable bonds is 6. The van der Waals surface area contributed by atoms with Gasteiger partial charge in [0.15, 0.2) is 0 Å². The van der Waals surface area contributed by atoms with E-state index < -0.39 is 0 Å². The minimum Gasteiger partial charge on any atom is -0.390 e. The van der Waals surface area contributed by atoms with Crippen LogP contribution in [-0.2, 0) is 4.74 Å². The lowest BCUT2D eigenvalue weighted by Crippen LogP contribution is -2.11. The number of nitrogens with one attached hydrogen (secondary N) is 1. The molecule has 2 heteroatoms. The zero-order valence-electron chi connectivity index (χ0n) is 10.1. The van der Waals surface area contributed by atoms with Crippen LogP contribution in [0.25, 0.3) is 0 Å². The standard InChI is InChI=1S/C12H23NO/c1-6-10(2)11(3)7-8-12(13-4)9-14-5/h6,8,11,13H,7,9H2,1-5H3/b10-6-,12-8-. The molecule has 0 heterocycles. The molecule has 0 rings (SSSR count). The van der Waals surface area contributed by atoms with Crippen molar-refractivity contribution in [3.8, 4) is 0 Å². The SMILES string of the molecule is C/C=C(/C)C(C)C/C=C(/COC)NC. The fraction of sp³-hybridized carbons (Fsp3) is 0.667. The van der Waals surface area contributed by atoms with E-state index in [4.69, 9.17) is 4.74 Å². The first-order valence-corrected chi connectivity index (χ1v) is 5.14. The highest BCUT2D eigenvalue weighted by Crippen LogP contribution is 2.14. The van der Waals surface area contributed by atoms with Gasteiger partial charge in [-0.3, -0.25) is 0 Å². The van der Waals surface area contributed by atoms with Crippen LogP contribution in [0.3, 0.4) is 0 Å². The highest BCUT2D eigenvalue weighted by atomic mass is 16.5. The smallest absolute Gasteiger partial charge is 0.0855 e. The van der Waals surface area contributed by atoms with Crippen LogP contribution in [0.2, 0.25) is 0 Å². The predicted molar refractivity (Wildman–Crippen MR) is 62.2 cm³/mol. The van der Waals surface area contributed by atoms with Crippen LogP contribution < -0.4 is 5.32 Å². The third kappa shape index (κ3) is 5.07. The van der Waals surface area contributed by atoms with Crippen molar-refractivity contribution in [3.63, 3.8) is 0 Å². The monoisotopic (exact) mass is 197 g/mol. The number of hydrogen-bond acceptors (Lipinski definition) is 2. The highest BCUT2D eigenvalue weighted by Gasteiger charge is 2.01. The van der Waals surface area contributed by atoms with Crippen molar-refractivity contribution in [1.29, 1.82) is 0 Å². The van der Waals surface area contributed by atoms with Crippen molar-refractivity contribution >= 4 is 0 Å². The molecule has 0 spiro atoms. The van der Waals surface area contributed by atoms with E-state index >= 15 is 0 Å². The Labute approximate surface area is 88.0 Å². The molecule has 2 nitrogen and oxygen atoms in total. The van der Waals surface area contributed by atoms with Crippen molar-refractivity contribution < 1.29 is 4.74 Å². The minimum absolute atomic E-state index is 0.611. The molecule has 0 radical (unpaired) electrons. The number of allylic oxidation sites excluding steroid dienone is 3. The molecule has 0 fully saturated rings. The summed E-state index contributed by atoms with van der Waals surface area (Å²) in [5, 5.41) is 3.13. The van der Waals surface area contributed by atoms with Crippen LogP contribution in [0.4, 0.5) is 0 Å². The third-order valence-electron chi connectivity index (χ3n) is 2.57. The molecule has 0 aliphatic heterocycles. The van der Waals surface area contributed by atoms with Crippen molar-refractivity contribution in [1.82, 2.24) is 5.32 Å². The lowest BCUT2D eigenvalue weighted by Gasteiger charge is -2.11. The van der Waals surface area contributed by atoms with E-state index in [0.29, 0.717) is 12.5 Å². The van der Waals surface area contributed by atoms with Crippen molar-refractivity contribution in [2.45, 2.75) is 27.2 Å². The molecule has 0 aliphatic rings. The largest absolute Gasteiger partial charge is 0.390 e. The summed E-state index contributed by atoms with van der Waals surface area (Å²) in [6.07, 6.45) is 5.45. The molecule has 0 saturated heterocycles. The minimum atomic E-state index is 0.611. The molecule has 0 aromatic carbocycles.